The van der Waals surface area contributed by atoms with Crippen molar-refractivity contribution in [3.63, 3.8) is 0 Å². The molecule has 4 nitrogen and oxygen atoms in total. The molecule has 0 aromatic heterocycles. The van der Waals surface area contributed by atoms with E-state index >= 15 is 0 Å². The highest BCUT2D eigenvalue weighted by atomic mass is 35.5. The van der Waals surface area contributed by atoms with Gasteiger partial charge in [0.1, 0.15) is 4.90 Å². The molecule has 1 aliphatic heterocycles. The van der Waals surface area contributed by atoms with Gasteiger partial charge in [0.15, 0.2) is 0 Å². The fraction of sp³-hybridized carbons (Fsp3) is 0.500. The third-order valence-corrected chi connectivity index (χ3v) is 5.81. The van der Waals surface area contributed by atoms with Crippen molar-refractivity contribution >= 4 is 34.0 Å². The van der Waals surface area contributed by atoms with E-state index in [1.807, 2.05) is 0 Å². The lowest BCUT2D eigenvalue weighted by Gasteiger charge is -2.18. The summed E-state index contributed by atoms with van der Waals surface area (Å²) in [5.41, 5.74) is 4.52. The molecule has 0 bridgehead atoms. The van der Waals surface area contributed by atoms with E-state index in [0.717, 1.165) is 12.1 Å². The SMILES string of the molecule is Cl.NCC1CCN(S(=O)(=O)c2ccc(C(F)(F)F)cc2Cl)C1. The zero-order valence-corrected chi connectivity index (χ0v) is 13.7. The van der Waals surface area contributed by atoms with Crippen molar-refractivity contribution in [1.29, 1.82) is 0 Å². The molecule has 22 heavy (non-hydrogen) atoms. The molecule has 0 aliphatic carbocycles. The van der Waals surface area contributed by atoms with Gasteiger partial charge in [-0.3, -0.25) is 0 Å². The minimum absolute atomic E-state index is 0. The number of sulfonamides is 1. The number of nitrogens with two attached hydrogens (primary N) is 1. The van der Waals surface area contributed by atoms with Gasteiger partial charge in [-0.15, -0.1) is 12.4 Å². The molecule has 1 heterocycles. The van der Waals surface area contributed by atoms with E-state index in [9.17, 15) is 21.6 Å². The molecular weight excluding hydrogens is 364 g/mol. The van der Waals surface area contributed by atoms with E-state index in [2.05, 4.69) is 0 Å². The van der Waals surface area contributed by atoms with Crippen molar-refractivity contribution in [2.45, 2.75) is 17.5 Å². The number of halogens is 5. The van der Waals surface area contributed by atoms with Crippen LogP contribution in [0.25, 0.3) is 0 Å². The number of hydrogen-bond donors (Lipinski definition) is 1. The molecule has 0 amide bonds. The summed E-state index contributed by atoms with van der Waals surface area (Å²) in [6, 6.07) is 2.25. The van der Waals surface area contributed by atoms with Crippen LogP contribution in [0.5, 0.6) is 0 Å². The van der Waals surface area contributed by atoms with Crippen LogP contribution < -0.4 is 5.73 Å². The summed E-state index contributed by atoms with van der Waals surface area (Å²) < 4.78 is 63.7. The molecule has 0 saturated carbocycles. The van der Waals surface area contributed by atoms with Crippen LogP contribution in [-0.2, 0) is 16.2 Å². The number of rotatable bonds is 3. The van der Waals surface area contributed by atoms with Crippen LogP contribution in [0.2, 0.25) is 5.02 Å². The lowest BCUT2D eigenvalue weighted by molar-refractivity contribution is -0.137. The summed E-state index contributed by atoms with van der Waals surface area (Å²) in [5, 5.41) is -0.430. The summed E-state index contributed by atoms with van der Waals surface area (Å²) in [5.74, 6) is 0.0630. The zero-order valence-electron chi connectivity index (χ0n) is 11.3. The molecule has 1 aromatic carbocycles. The number of alkyl halides is 3. The quantitative estimate of drug-likeness (QED) is 0.879. The second-order valence-electron chi connectivity index (χ2n) is 4.90. The van der Waals surface area contributed by atoms with Gasteiger partial charge in [-0.2, -0.15) is 17.5 Å². The molecule has 1 unspecified atom stereocenters. The summed E-state index contributed by atoms with van der Waals surface area (Å²) in [6.45, 7) is 0.921. The van der Waals surface area contributed by atoms with Crippen LogP contribution in [0.1, 0.15) is 12.0 Å². The molecule has 1 atom stereocenters. The third-order valence-electron chi connectivity index (χ3n) is 3.46. The lowest BCUT2D eigenvalue weighted by atomic mass is 10.1. The summed E-state index contributed by atoms with van der Waals surface area (Å²) in [4.78, 5) is -0.310. The monoisotopic (exact) mass is 378 g/mol. The molecule has 2 rings (SSSR count). The second kappa shape index (κ2) is 6.92. The van der Waals surface area contributed by atoms with Crippen molar-refractivity contribution in [2.24, 2.45) is 11.7 Å². The Balaban J connectivity index is 0.00000242. The van der Waals surface area contributed by atoms with Crippen LogP contribution >= 0.6 is 24.0 Å². The number of nitrogens with zero attached hydrogens (tertiary/aromatic N) is 1. The Morgan fingerprint density at radius 3 is 2.45 bits per heavy atom. The molecule has 0 radical (unpaired) electrons. The Labute approximate surface area is 137 Å². The van der Waals surface area contributed by atoms with Gasteiger partial charge in [-0.1, -0.05) is 11.6 Å². The minimum atomic E-state index is -4.57. The van der Waals surface area contributed by atoms with Gasteiger partial charge in [0.05, 0.1) is 10.6 Å². The van der Waals surface area contributed by atoms with Crippen LogP contribution in [0.15, 0.2) is 23.1 Å². The van der Waals surface area contributed by atoms with Gasteiger partial charge in [0.25, 0.3) is 0 Å². The molecule has 1 saturated heterocycles. The van der Waals surface area contributed by atoms with E-state index in [1.165, 1.54) is 4.31 Å². The maximum absolute atomic E-state index is 12.6. The van der Waals surface area contributed by atoms with Gasteiger partial charge in [-0.05, 0) is 37.1 Å². The molecule has 0 spiro atoms. The van der Waals surface area contributed by atoms with Crippen LogP contribution in [0.3, 0.4) is 0 Å². The standard InChI is InChI=1S/C12H14ClF3N2O2S.ClH/c13-10-5-9(12(14,15)16)1-2-11(10)21(19,20)18-4-3-8(6-17)7-18;/h1-2,5,8H,3-4,6-7,17H2;1H. The topological polar surface area (TPSA) is 63.4 Å². The van der Waals surface area contributed by atoms with Crippen molar-refractivity contribution in [1.82, 2.24) is 4.31 Å². The summed E-state index contributed by atoms with van der Waals surface area (Å²) in [7, 11) is -3.90. The number of benzene rings is 1. The average Bonchev–Trinajstić information content (AvgIpc) is 2.86. The van der Waals surface area contributed by atoms with Gasteiger partial charge < -0.3 is 5.73 Å². The fourth-order valence-corrected chi connectivity index (χ4v) is 4.28. The van der Waals surface area contributed by atoms with E-state index in [0.29, 0.717) is 25.6 Å². The van der Waals surface area contributed by atoms with Crippen LogP contribution in [-0.4, -0.2) is 32.4 Å². The lowest BCUT2D eigenvalue weighted by Crippen LogP contribution is -2.30. The minimum Gasteiger partial charge on any atom is -0.330 e. The molecule has 10 heteroatoms. The zero-order chi connectivity index (χ0) is 15.8. The third kappa shape index (κ3) is 3.86. The predicted molar refractivity (Wildman–Crippen MR) is 79.6 cm³/mol. The smallest absolute Gasteiger partial charge is 0.330 e. The van der Waals surface area contributed by atoms with Crippen molar-refractivity contribution < 1.29 is 21.6 Å². The van der Waals surface area contributed by atoms with Gasteiger partial charge in [0, 0.05) is 13.1 Å². The predicted octanol–water partition coefficient (Wildman–Crippen LogP) is 2.75. The first-order valence-corrected chi connectivity index (χ1v) is 8.05. The molecule has 1 aromatic rings. The van der Waals surface area contributed by atoms with Gasteiger partial charge in [-0.25, -0.2) is 8.42 Å². The van der Waals surface area contributed by atoms with Crippen molar-refractivity contribution in [3.8, 4) is 0 Å². The fourth-order valence-electron chi connectivity index (χ4n) is 2.23. The Morgan fingerprint density at radius 2 is 2.00 bits per heavy atom. The van der Waals surface area contributed by atoms with Gasteiger partial charge in [0.2, 0.25) is 10.0 Å². The Bertz CT molecular complexity index is 638. The average molecular weight is 379 g/mol. The largest absolute Gasteiger partial charge is 0.416 e. The first-order chi connectivity index (χ1) is 9.66. The summed E-state index contributed by atoms with van der Waals surface area (Å²) >= 11 is 5.74. The van der Waals surface area contributed by atoms with E-state index in [-0.39, 0.29) is 29.8 Å². The van der Waals surface area contributed by atoms with Crippen molar-refractivity contribution in [2.75, 3.05) is 19.6 Å². The maximum Gasteiger partial charge on any atom is 0.416 e. The molecule has 1 fully saturated rings. The molecule has 2 N–H and O–H groups in total. The van der Waals surface area contributed by atoms with E-state index in [4.69, 9.17) is 17.3 Å². The normalized spacial score (nSPS) is 20.0. The van der Waals surface area contributed by atoms with Crippen LogP contribution in [0.4, 0.5) is 13.2 Å². The number of hydrogen-bond acceptors (Lipinski definition) is 3. The van der Waals surface area contributed by atoms with Crippen LogP contribution in [0, 0.1) is 5.92 Å². The Kier molecular flexibility index (Phi) is 6.14. The first kappa shape index (κ1) is 19.5. The summed E-state index contributed by atoms with van der Waals surface area (Å²) in [6.07, 6.45) is -3.93. The van der Waals surface area contributed by atoms with Crippen molar-refractivity contribution in [3.05, 3.63) is 28.8 Å². The highest BCUT2D eigenvalue weighted by Crippen LogP contribution is 2.35. The first-order valence-electron chi connectivity index (χ1n) is 6.23. The molecule has 1 aliphatic rings. The van der Waals surface area contributed by atoms with E-state index in [1.54, 1.807) is 0 Å². The molecule has 126 valence electrons. The Hall–Kier alpha value is -0.540. The maximum atomic E-state index is 12.6. The highest BCUT2D eigenvalue weighted by Gasteiger charge is 2.35. The van der Waals surface area contributed by atoms with Gasteiger partial charge >= 0.3 is 6.18 Å². The highest BCUT2D eigenvalue weighted by molar-refractivity contribution is 7.89. The second-order valence-corrected chi connectivity index (χ2v) is 7.21. The Morgan fingerprint density at radius 1 is 1.36 bits per heavy atom. The van der Waals surface area contributed by atoms with E-state index < -0.39 is 26.8 Å². The molecular formula is C12H15Cl2F3N2O2S.